The normalized spacial score (nSPS) is 14.8. The molecule has 2 atom stereocenters. The molecule has 5 heteroatoms. The Kier molecular flexibility index (Phi) is 6.75. The first-order valence-electron chi connectivity index (χ1n) is 6.04. The second kappa shape index (κ2) is 8.11. The van der Waals surface area contributed by atoms with E-state index in [0.29, 0.717) is 12.8 Å². The summed E-state index contributed by atoms with van der Waals surface area (Å²) in [7, 11) is 0. The monoisotopic (exact) mass is 267 g/mol. The van der Waals surface area contributed by atoms with Gasteiger partial charge in [-0.25, -0.2) is 4.98 Å². The third-order valence-electron chi connectivity index (χ3n) is 2.66. The predicted molar refractivity (Wildman–Crippen MR) is 76.6 cm³/mol. The van der Waals surface area contributed by atoms with Crippen molar-refractivity contribution in [3.05, 3.63) is 30.4 Å². The zero-order valence-electron chi connectivity index (χ0n) is 10.9. The molecule has 0 radical (unpaired) electrons. The van der Waals surface area contributed by atoms with E-state index in [9.17, 15) is 4.79 Å². The molecule has 1 aromatic rings. The summed E-state index contributed by atoms with van der Waals surface area (Å²) in [6, 6.07) is -0.443. The lowest BCUT2D eigenvalue weighted by molar-refractivity contribution is -0.120. The molecule has 0 fully saturated rings. The van der Waals surface area contributed by atoms with Crippen LogP contribution in [0.15, 0.2) is 24.7 Å². The van der Waals surface area contributed by atoms with E-state index in [4.69, 9.17) is 5.73 Å². The number of allylic oxidation sites excluding steroid dienone is 1. The average Bonchev–Trinajstić information content (AvgIpc) is 2.82. The van der Waals surface area contributed by atoms with Gasteiger partial charge in [-0.05, 0) is 12.2 Å². The van der Waals surface area contributed by atoms with Crippen LogP contribution < -0.4 is 5.73 Å². The third kappa shape index (κ3) is 5.51. The first-order chi connectivity index (χ1) is 8.63. The number of carbonyl (C=O) groups excluding carboxylic acids is 1. The van der Waals surface area contributed by atoms with Crippen molar-refractivity contribution in [3.8, 4) is 0 Å². The van der Waals surface area contributed by atoms with Crippen LogP contribution in [0.4, 0.5) is 0 Å². The smallest absolute Gasteiger partial charge is 0.150 e. The van der Waals surface area contributed by atoms with Crippen molar-refractivity contribution in [3.63, 3.8) is 0 Å². The summed E-state index contributed by atoms with van der Waals surface area (Å²) in [6.45, 7) is 2.04. The van der Waals surface area contributed by atoms with Crippen LogP contribution in [0.2, 0.25) is 0 Å². The molecule has 0 spiro atoms. The summed E-state index contributed by atoms with van der Waals surface area (Å²) in [5.41, 5.74) is 6.79. The molecule has 0 aliphatic rings. The van der Waals surface area contributed by atoms with Crippen LogP contribution in [0, 0.1) is 5.92 Å². The molecule has 0 bridgehead atoms. The van der Waals surface area contributed by atoms with Crippen molar-refractivity contribution in [1.29, 1.82) is 0 Å². The number of nitrogens with zero attached hydrogens (tertiary/aromatic N) is 1. The van der Waals surface area contributed by atoms with Gasteiger partial charge in [-0.1, -0.05) is 19.1 Å². The maximum Gasteiger partial charge on any atom is 0.150 e. The molecule has 1 heterocycles. The Morgan fingerprint density at radius 1 is 1.67 bits per heavy atom. The van der Waals surface area contributed by atoms with E-state index in [1.807, 2.05) is 6.92 Å². The van der Waals surface area contributed by atoms with Gasteiger partial charge in [0, 0.05) is 30.5 Å². The largest absolute Gasteiger partial charge is 0.348 e. The lowest BCUT2D eigenvalue weighted by Gasteiger charge is -2.11. The van der Waals surface area contributed by atoms with Gasteiger partial charge in [0.15, 0.2) is 5.78 Å². The van der Waals surface area contributed by atoms with Crippen LogP contribution in [0.25, 0.3) is 0 Å². The lowest BCUT2D eigenvalue weighted by atomic mass is 9.98. The molecular weight excluding hydrogens is 246 g/mol. The molecule has 1 aromatic heterocycles. The topological polar surface area (TPSA) is 71.8 Å². The fraction of sp³-hybridized carbons (Fsp3) is 0.538. The zero-order chi connectivity index (χ0) is 13.4. The van der Waals surface area contributed by atoms with E-state index in [1.54, 1.807) is 24.3 Å². The van der Waals surface area contributed by atoms with Gasteiger partial charge in [-0.15, -0.1) is 0 Å². The Morgan fingerprint density at radius 3 is 3.06 bits per heavy atom. The number of hydrogen-bond donors (Lipinski definition) is 2. The Morgan fingerprint density at radius 2 is 2.44 bits per heavy atom. The van der Waals surface area contributed by atoms with E-state index in [2.05, 4.69) is 28.4 Å². The van der Waals surface area contributed by atoms with Crippen molar-refractivity contribution in [2.24, 2.45) is 11.7 Å². The minimum absolute atomic E-state index is 0.103. The number of H-pyrrole nitrogens is 1. The van der Waals surface area contributed by atoms with E-state index in [-0.39, 0.29) is 11.7 Å². The van der Waals surface area contributed by atoms with Crippen LogP contribution in [0.5, 0.6) is 0 Å². The summed E-state index contributed by atoms with van der Waals surface area (Å²) in [4.78, 5) is 18.8. The number of thioether (sulfide) groups is 1. The quantitative estimate of drug-likeness (QED) is 0.704. The highest BCUT2D eigenvalue weighted by molar-refractivity contribution is 7.98. The molecule has 18 heavy (non-hydrogen) atoms. The van der Waals surface area contributed by atoms with Gasteiger partial charge in [0.1, 0.15) is 0 Å². The molecular formula is C13H21N3OS. The highest BCUT2D eigenvalue weighted by Gasteiger charge is 2.16. The van der Waals surface area contributed by atoms with Crippen molar-refractivity contribution < 1.29 is 4.79 Å². The summed E-state index contributed by atoms with van der Waals surface area (Å²) < 4.78 is 0. The molecule has 0 saturated heterocycles. The minimum Gasteiger partial charge on any atom is -0.348 e. The fourth-order valence-corrected chi connectivity index (χ4v) is 1.97. The van der Waals surface area contributed by atoms with Crippen LogP contribution in [-0.4, -0.2) is 33.8 Å². The van der Waals surface area contributed by atoms with Gasteiger partial charge in [0.05, 0.1) is 12.4 Å². The number of nitrogens with one attached hydrogen (secondary N) is 1. The Hall–Kier alpha value is -1.07. The van der Waals surface area contributed by atoms with Gasteiger partial charge in [-0.3, -0.25) is 4.79 Å². The number of aromatic amines is 1. The first-order valence-corrected chi connectivity index (χ1v) is 7.44. The number of nitrogens with two attached hydrogens (primary N) is 1. The third-order valence-corrected chi connectivity index (χ3v) is 3.18. The predicted octanol–water partition coefficient (Wildman–Crippen LogP) is 1.79. The van der Waals surface area contributed by atoms with Crippen molar-refractivity contribution in [2.45, 2.75) is 25.8 Å². The van der Waals surface area contributed by atoms with Gasteiger partial charge >= 0.3 is 0 Å². The lowest BCUT2D eigenvalue weighted by Crippen LogP contribution is -2.33. The van der Waals surface area contributed by atoms with Crippen molar-refractivity contribution in [2.75, 3.05) is 12.0 Å². The Balaban J connectivity index is 2.35. The molecule has 1 unspecified atom stereocenters. The van der Waals surface area contributed by atoms with Crippen molar-refractivity contribution >= 4 is 17.5 Å². The maximum atomic E-state index is 11.9. The van der Waals surface area contributed by atoms with E-state index in [1.165, 1.54) is 0 Å². The van der Waals surface area contributed by atoms with E-state index < -0.39 is 6.04 Å². The zero-order valence-corrected chi connectivity index (χ0v) is 11.7. The highest BCUT2D eigenvalue weighted by atomic mass is 32.2. The van der Waals surface area contributed by atoms with Crippen LogP contribution in [0.1, 0.15) is 19.0 Å². The van der Waals surface area contributed by atoms with Crippen LogP contribution in [0.3, 0.4) is 0 Å². The summed E-state index contributed by atoms with van der Waals surface area (Å²) >= 11 is 1.76. The molecule has 0 saturated carbocycles. The van der Waals surface area contributed by atoms with E-state index in [0.717, 1.165) is 11.4 Å². The van der Waals surface area contributed by atoms with Crippen LogP contribution in [-0.2, 0) is 11.2 Å². The molecule has 3 N–H and O–H groups in total. The van der Waals surface area contributed by atoms with E-state index >= 15 is 0 Å². The van der Waals surface area contributed by atoms with Crippen molar-refractivity contribution in [1.82, 2.24) is 9.97 Å². The molecule has 0 aliphatic heterocycles. The summed E-state index contributed by atoms with van der Waals surface area (Å²) in [5.74, 6) is 1.34. The number of ketones is 1. The standard InChI is InChI=1S/C13H21N3OS/c1-10(4-3-5-18-2)6-13(17)12(14)7-11-8-15-9-16-11/h3-4,8-10,12H,5-7,14H2,1-2H3,(H,15,16)/b4-3+/t10?,12-/m0/s1. The molecule has 0 aromatic carbocycles. The molecule has 0 aliphatic carbocycles. The van der Waals surface area contributed by atoms with Gasteiger partial charge in [-0.2, -0.15) is 11.8 Å². The number of rotatable bonds is 8. The first kappa shape index (κ1) is 15.0. The summed E-state index contributed by atoms with van der Waals surface area (Å²) in [5, 5.41) is 0. The summed E-state index contributed by atoms with van der Waals surface area (Å²) in [6.07, 6.45) is 10.6. The second-order valence-corrected chi connectivity index (χ2v) is 5.33. The van der Waals surface area contributed by atoms with Gasteiger partial charge in [0.2, 0.25) is 0 Å². The second-order valence-electron chi connectivity index (χ2n) is 4.42. The minimum atomic E-state index is -0.443. The number of Topliss-reactive ketones (excluding diaryl/α,β-unsaturated/α-hetero) is 1. The number of carbonyl (C=O) groups is 1. The SMILES string of the molecule is CSC/C=C/C(C)CC(=O)[C@@H](N)Cc1cnc[nH]1. The Labute approximate surface area is 112 Å². The Bertz CT molecular complexity index is 376. The maximum absolute atomic E-state index is 11.9. The number of hydrogen-bond acceptors (Lipinski definition) is 4. The number of imidazole rings is 1. The van der Waals surface area contributed by atoms with Gasteiger partial charge < -0.3 is 10.7 Å². The number of aromatic nitrogens is 2. The molecule has 4 nitrogen and oxygen atoms in total. The van der Waals surface area contributed by atoms with Gasteiger partial charge in [0.25, 0.3) is 0 Å². The average molecular weight is 267 g/mol. The van der Waals surface area contributed by atoms with Crippen LogP contribution >= 0.6 is 11.8 Å². The molecule has 0 amide bonds. The molecule has 100 valence electrons. The molecule has 1 rings (SSSR count). The highest BCUT2D eigenvalue weighted by Crippen LogP contribution is 2.09. The fourth-order valence-electron chi connectivity index (χ4n) is 1.67.